The first-order valence-corrected chi connectivity index (χ1v) is 4.60. The number of hydrogen-bond acceptors (Lipinski definition) is 4. The van der Waals surface area contributed by atoms with E-state index in [0.717, 1.165) is 12.2 Å². The second-order valence-electron chi connectivity index (χ2n) is 3.33. The Balaban J connectivity index is 3.20. The second-order valence-corrected chi connectivity index (χ2v) is 3.33. The predicted octanol–water partition coefficient (Wildman–Crippen LogP) is 1.31. The van der Waals surface area contributed by atoms with Crippen LogP contribution in [0, 0.1) is 0 Å². The van der Waals surface area contributed by atoms with Crippen LogP contribution in [0.5, 0.6) is 0 Å². The van der Waals surface area contributed by atoms with Crippen LogP contribution in [0.4, 0.5) is 5.82 Å². The maximum Gasteiger partial charge on any atom is 0.178 e. The normalized spacial score (nSPS) is 10.0. The molecule has 0 spiro atoms. The van der Waals surface area contributed by atoms with Crippen LogP contribution in [0.3, 0.4) is 0 Å². The number of nitrogens with zero attached hydrogens (tertiary/aromatic N) is 3. The molecule has 1 aromatic heterocycles. The summed E-state index contributed by atoms with van der Waals surface area (Å²) < 4.78 is 0. The fraction of sp³-hybridized carbons (Fsp3) is 0.500. The number of rotatable bonds is 3. The van der Waals surface area contributed by atoms with Crippen LogP contribution in [0.25, 0.3) is 0 Å². The third kappa shape index (κ3) is 2.28. The molecule has 0 bridgehead atoms. The Hall–Kier alpha value is -1.45. The van der Waals surface area contributed by atoms with E-state index in [1.807, 2.05) is 25.9 Å². The van der Waals surface area contributed by atoms with Crippen LogP contribution in [-0.2, 0) is 6.42 Å². The molecule has 0 atom stereocenters. The van der Waals surface area contributed by atoms with E-state index in [2.05, 4.69) is 9.97 Å². The van der Waals surface area contributed by atoms with E-state index >= 15 is 0 Å². The third-order valence-corrected chi connectivity index (χ3v) is 1.89. The highest BCUT2D eigenvalue weighted by Crippen LogP contribution is 2.10. The molecule has 0 aliphatic carbocycles. The van der Waals surface area contributed by atoms with Gasteiger partial charge in [0, 0.05) is 33.5 Å². The van der Waals surface area contributed by atoms with Gasteiger partial charge in [0.1, 0.15) is 17.3 Å². The monoisotopic (exact) mass is 193 g/mol. The van der Waals surface area contributed by atoms with Crippen LogP contribution in [0.2, 0.25) is 0 Å². The summed E-state index contributed by atoms with van der Waals surface area (Å²) in [4.78, 5) is 21.5. The molecule has 0 saturated heterocycles. The Morgan fingerprint density at radius 3 is 2.50 bits per heavy atom. The number of ketones is 1. The number of carbonyl (C=O) groups is 1. The summed E-state index contributed by atoms with van der Waals surface area (Å²) in [6, 6.07) is 1.71. The van der Waals surface area contributed by atoms with Gasteiger partial charge in [0.2, 0.25) is 0 Å². The highest BCUT2D eigenvalue weighted by Gasteiger charge is 2.07. The van der Waals surface area contributed by atoms with Gasteiger partial charge in [-0.3, -0.25) is 4.79 Å². The molecule has 0 fully saturated rings. The first-order valence-electron chi connectivity index (χ1n) is 4.60. The van der Waals surface area contributed by atoms with Crippen LogP contribution in [0.1, 0.15) is 30.2 Å². The molecule has 0 saturated carbocycles. The van der Waals surface area contributed by atoms with E-state index in [0.29, 0.717) is 11.5 Å². The SMILES string of the molecule is CCc1nc(C(C)=O)cc(N(C)C)n1. The van der Waals surface area contributed by atoms with Crippen LogP contribution in [0.15, 0.2) is 6.07 Å². The van der Waals surface area contributed by atoms with E-state index in [1.165, 1.54) is 6.92 Å². The zero-order chi connectivity index (χ0) is 10.7. The Labute approximate surface area is 84.0 Å². The van der Waals surface area contributed by atoms with Crippen molar-refractivity contribution in [2.75, 3.05) is 19.0 Å². The van der Waals surface area contributed by atoms with Gasteiger partial charge in [-0.25, -0.2) is 9.97 Å². The number of aromatic nitrogens is 2. The van der Waals surface area contributed by atoms with E-state index in [1.54, 1.807) is 6.07 Å². The van der Waals surface area contributed by atoms with Crippen molar-refractivity contribution in [3.05, 3.63) is 17.6 Å². The minimum absolute atomic E-state index is 0.0230. The molecule has 14 heavy (non-hydrogen) atoms. The van der Waals surface area contributed by atoms with E-state index < -0.39 is 0 Å². The maximum atomic E-state index is 11.2. The summed E-state index contributed by atoms with van der Waals surface area (Å²) in [6.07, 6.45) is 0.738. The molecular weight excluding hydrogens is 178 g/mol. The zero-order valence-corrected chi connectivity index (χ0v) is 9.03. The molecule has 0 unspecified atom stereocenters. The van der Waals surface area contributed by atoms with Crippen LogP contribution in [-0.4, -0.2) is 29.8 Å². The molecule has 1 heterocycles. The topological polar surface area (TPSA) is 46.1 Å². The first kappa shape index (κ1) is 10.6. The van der Waals surface area contributed by atoms with Crippen LogP contribution >= 0.6 is 0 Å². The van der Waals surface area contributed by atoms with E-state index in [4.69, 9.17) is 0 Å². The van der Waals surface area contributed by atoms with Crippen molar-refractivity contribution in [1.82, 2.24) is 9.97 Å². The van der Waals surface area contributed by atoms with Gasteiger partial charge in [0.05, 0.1) is 0 Å². The van der Waals surface area contributed by atoms with Gasteiger partial charge in [-0.2, -0.15) is 0 Å². The summed E-state index contributed by atoms with van der Waals surface area (Å²) in [5, 5.41) is 0. The van der Waals surface area contributed by atoms with Gasteiger partial charge >= 0.3 is 0 Å². The Morgan fingerprint density at radius 1 is 1.43 bits per heavy atom. The van der Waals surface area contributed by atoms with Crippen molar-refractivity contribution in [1.29, 1.82) is 0 Å². The number of aryl methyl sites for hydroxylation is 1. The molecule has 1 aromatic rings. The molecule has 4 heteroatoms. The van der Waals surface area contributed by atoms with Crippen molar-refractivity contribution in [2.45, 2.75) is 20.3 Å². The summed E-state index contributed by atoms with van der Waals surface area (Å²) in [6.45, 7) is 3.49. The first-order chi connectivity index (χ1) is 6.54. The Morgan fingerprint density at radius 2 is 2.07 bits per heavy atom. The molecule has 0 aliphatic heterocycles. The summed E-state index contributed by atoms with van der Waals surface area (Å²) in [5.41, 5.74) is 0.487. The lowest BCUT2D eigenvalue weighted by Crippen LogP contribution is -2.14. The van der Waals surface area contributed by atoms with Crippen molar-refractivity contribution in [3.63, 3.8) is 0 Å². The largest absolute Gasteiger partial charge is 0.363 e. The van der Waals surface area contributed by atoms with Crippen molar-refractivity contribution < 1.29 is 4.79 Å². The standard InChI is InChI=1S/C10H15N3O/c1-5-9-11-8(7(2)14)6-10(12-9)13(3)4/h6H,5H2,1-4H3. The van der Waals surface area contributed by atoms with Crippen molar-refractivity contribution >= 4 is 11.6 Å². The number of hydrogen-bond donors (Lipinski definition) is 0. The van der Waals surface area contributed by atoms with Gasteiger partial charge in [0.25, 0.3) is 0 Å². The minimum Gasteiger partial charge on any atom is -0.363 e. The minimum atomic E-state index is -0.0230. The third-order valence-electron chi connectivity index (χ3n) is 1.89. The average Bonchev–Trinajstić information content (AvgIpc) is 2.16. The van der Waals surface area contributed by atoms with Gasteiger partial charge in [-0.15, -0.1) is 0 Å². The lowest BCUT2D eigenvalue weighted by Gasteiger charge is -2.12. The molecule has 0 radical (unpaired) electrons. The van der Waals surface area contributed by atoms with Gasteiger partial charge < -0.3 is 4.90 Å². The quantitative estimate of drug-likeness (QED) is 0.679. The van der Waals surface area contributed by atoms with Crippen molar-refractivity contribution in [3.8, 4) is 0 Å². The highest BCUT2D eigenvalue weighted by molar-refractivity contribution is 5.92. The maximum absolute atomic E-state index is 11.2. The molecule has 0 amide bonds. The van der Waals surface area contributed by atoms with Gasteiger partial charge in [-0.05, 0) is 0 Å². The molecule has 0 N–H and O–H groups in total. The van der Waals surface area contributed by atoms with Gasteiger partial charge in [-0.1, -0.05) is 6.92 Å². The van der Waals surface area contributed by atoms with E-state index in [9.17, 15) is 4.79 Å². The highest BCUT2D eigenvalue weighted by atomic mass is 16.1. The molecule has 1 rings (SSSR count). The second kappa shape index (κ2) is 4.17. The average molecular weight is 193 g/mol. The molecular formula is C10H15N3O. The lowest BCUT2D eigenvalue weighted by molar-refractivity contribution is 0.101. The number of anilines is 1. The zero-order valence-electron chi connectivity index (χ0n) is 9.03. The predicted molar refractivity (Wildman–Crippen MR) is 55.7 cm³/mol. The number of carbonyl (C=O) groups excluding carboxylic acids is 1. The lowest BCUT2D eigenvalue weighted by atomic mass is 10.3. The smallest absolute Gasteiger partial charge is 0.178 e. The fourth-order valence-corrected chi connectivity index (χ4v) is 1.05. The molecule has 0 aromatic carbocycles. The van der Waals surface area contributed by atoms with Crippen LogP contribution < -0.4 is 4.90 Å². The van der Waals surface area contributed by atoms with Crippen molar-refractivity contribution in [2.24, 2.45) is 0 Å². The molecule has 0 aliphatic rings. The summed E-state index contributed by atoms with van der Waals surface area (Å²) >= 11 is 0. The number of Topliss-reactive ketones (excluding diaryl/α,β-unsaturated/α-hetero) is 1. The Kier molecular flexibility index (Phi) is 3.17. The molecule has 4 nitrogen and oxygen atoms in total. The summed E-state index contributed by atoms with van der Waals surface area (Å²) in [5.74, 6) is 1.47. The summed E-state index contributed by atoms with van der Waals surface area (Å²) in [7, 11) is 3.79. The van der Waals surface area contributed by atoms with Gasteiger partial charge in [0.15, 0.2) is 5.78 Å². The fourth-order valence-electron chi connectivity index (χ4n) is 1.05. The van der Waals surface area contributed by atoms with E-state index in [-0.39, 0.29) is 5.78 Å². The Bertz CT molecular complexity index is 347. The molecule has 76 valence electrons.